The molecule has 0 bridgehead atoms. The zero-order valence-corrected chi connectivity index (χ0v) is 4.19. The number of unbranched alkanes of at least 4 members (excludes halogenated alkanes) is 1. The third kappa shape index (κ3) is 5.66. The maximum atomic E-state index is 11.2. The van der Waals surface area contributed by atoms with E-state index in [0.717, 1.165) is 6.29 Å². The largest absolute Gasteiger partial charge is 0.341 e. The molecule has 0 heterocycles. The van der Waals surface area contributed by atoms with Crippen molar-refractivity contribution >= 4 is 13.8 Å². The Bertz CT molecular complexity index is 49.0. The quantitative estimate of drug-likeness (QED) is 0.290. The van der Waals surface area contributed by atoms with Crippen LogP contribution in [-0.2, 0) is 4.79 Å². The van der Waals surface area contributed by atoms with Crippen molar-refractivity contribution in [2.45, 2.75) is 19.2 Å². The molecule has 0 aromatic rings. The Labute approximate surface area is 43.2 Å². The second-order valence-corrected chi connectivity index (χ2v) is 1.35. The van der Waals surface area contributed by atoms with Gasteiger partial charge >= 0.3 is 7.56 Å². The lowest BCUT2D eigenvalue weighted by atomic mass is 9.96. The van der Waals surface area contributed by atoms with Crippen LogP contribution in [-0.4, -0.2) is 13.8 Å². The van der Waals surface area contributed by atoms with Crippen molar-refractivity contribution < 1.29 is 9.11 Å². The average molecular weight is 102 g/mol. The Hall–Kier alpha value is -0.335. The summed E-state index contributed by atoms with van der Waals surface area (Å²) in [7, 11) is -0.298. The fraction of sp³-hybridized carbons (Fsp3) is 0.750. The molecule has 7 heavy (non-hydrogen) atoms. The van der Waals surface area contributed by atoms with Gasteiger partial charge in [-0.05, 0) is 6.32 Å². The van der Waals surface area contributed by atoms with Gasteiger partial charge in [0.25, 0.3) is 0 Å². The van der Waals surface area contributed by atoms with E-state index in [0.29, 0.717) is 19.2 Å². The maximum absolute atomic E-state index is 11.2. The van der Waals surface area contributed by atoms with Gasteiger partial charge in [0.1, 0.15) is 6.29 Å². The topological polar surface area (TPSA) is 17.1 Å². The van der Waals surface area contributed by atoms with E-state index >= 15 is 0 Å². The standard InChI is InChI=1S/C4H8BFO/c6-5-3-1-2-4-7/h4-5H,1-3H2. The molecule has 0 N–H and O–H groups in total. The molecular formula is C4H8BFO. The first-order chi connectivity index (χ1) is 3.41. The van der Waals surface area contributed by atoms with E-state index in [-0.39, 0.29) is 7.56 Å². The van der Waals surface area contributed by atoms with Gasteiger partial charge in [0.05, 0.1) is 0 Å². The highest BCUT2D eigenvalue weighted by atomic mass is 19.1. The van der Waals surface area contributed by atoms with E-state index in [1.807, 2.05) is 0 Å². The van der Waals surface area contributed by atoms with E-state index in [4.69, 9.17) is 0 Å². The molecular weight excluding hydrogens is 93.9 g/mol. The molecule has 0 aliphatic carbocycles. The Balaban J connectivity index is 2.56. The maximum Gasteiger partial charge on any atom is 0.331 e. The summed E-state index contributed by atoms with van der Waals surface area (Å²) < 4.78 is 11.2. The van der Waals surface area contributed by atoms with E-state index in [1.54, 1.807) is 0 Å². The summed E-state index contributed by atoms with van der Waals surface area (Å²) in [6.07, 6.45) is 2.54. The number of carbonyl (C=O) groups excluding carboxylic acids is 1. The number of hydrogen-bond acceptors (Lipinski definition) is 1. The van der Waals surface area contributed by atoms with Crippen LogP contribution < -0.4 is 0 Å². The van der Waals surface area contributed by atoms with Gasteiger partial charge in [0.2, 0.25) is 0 Å². The molecule has 0 aromatic carbocycles. The molecule has 0 spiro atoms. The van der Waals surface area contributed by atoms with Crippen LogP contribution in [0.5, 0.6) is 0 Å². The number of carbonyl (C=O) groups is 1. The van der Waals surface area contributed by atoms with Crippen molar-refractivity contribution in [1.82, 2.24) is 0 Å². The molecule has 0 saturated heterocycles. The summed E-state index contributed by atoms with van der Waals surface area (Å²) in [5, 5.41) is 0. The van der Waals surface area contributed by atoms with Gasteiger partial charge in [-0.3, -0.25) is 0 Å². The van der Waals surface area contributed by atoms with Crippen LogP contribution in [0.3, 0.4) is 0 Å². The minimum Gasteiger partial charge on any atom is -0.341 e. The summed E-state index contributed by atoms with van der Waals surface area (Å²) in [6, 6.07) is 0. The minimum atomic E-state index is -0.298. The fourth-order valence-corrected chi connectivity index (χ4v) is 0.322. The summed E-state index contributed by atoms with van der Waals surface area (Å²) in [5.41, 5.74) is 0. The zero-order chi connectivity index (χ0) is 5.54. The lowest BCUT2D eigenvalue weighted by Gasteiger charge is -1.81. The fourth-order valence-electron chi connectivity index (χ4n) is 0.322. The monoisotopic (exact) mass is 102 g/mol. The molecule has 0 saturated carbocycles. The van der Waals surface area contributed by atoms with Gasteiger partial charge in [-0.15, -0.1) is 0 Å². The summed E-state index contributed by atoms with van der Waals surface area (Å²) in [6.45, 7) is 0. The molecule has 0 aromatic heterocycles. The van der Waals surface area contributed by atoms with Crippen LogP contribution in [0.25, 0.3) is 0 Å². The smallest absolute Gasteiger partial charge is 0.331 e. The van der Waals surface area contributed by atoms with Crippen molar-refractivity contribution in [1.29, 1.82) is 0 Å². The average Bonchev–Trinajstić information content (AvgIpc) is 1.69. The predicted molar refractivity (Wildman–Crippen MR) is 28.4 cm³/mol. The Morgan fingerprint density at radius 1 is 1.71 bits per heavy atom. The number of rotatable bonds is 4. The van der Waals surface area contributed by atoms with Crippen molar-refractivity contribution in [2.75, 3.05) is 0 Å². The van der Waals surface area contributed by atoms with E-state index in [2.05, 4.69) is 0 Å². The number of aldehydes is 1. The third-order valence-corrected chi connectivity index (χ3v) is 0.706. The lowest BCUT2D eigenvalue weighted by Crippen LogP contribution is -1.79. The van der Waals surface area contributed by atoms with Crippen molar-refractivity contribution in [3.63, 3.8) is 0 Å². The first kappa shape index (κ1) is 6.66. The Kier molecular flexibility index (Phi) is 5.39. The van der Waals surface area contributed by atoms with Gasteiger partial charge in [-0.2, -0.15) is 0 Å². The molecule has 3 heteroatoms. The van der Waals surface area contributed by atoms with E-state index in [1.165, 1.54) is 0 Å². The Morgan fingerprint density at radius 3 is 2.86 bits per heavy atom. The van der Waals surface area contributed by atoms with Crippen LogP contribution in [0.2, 0.25) is 6.32 Å². The highest BCUT2D eigenvalue weighted by Gasteiger charge is 1.85. The first-order valence-electron chi connectivity index (χ1n) is 2.41. The summed E-state index contributed by atoms with van der Waals surface area (Å²) in [5.74, 6) is 0. The molecule has 0 unspecified atom stereocenters. The number of hydrogen-bond donors (Lipinski definition) is 0. The van der Waals surface area contributed by atoms with E-state index < -0.39 is 0 Å². The highest BCUT2D eigenvalue weighted by molar-refractivity contribution is 6.25. The SMILES string of the molecule is O=CCCCBF. The van der Waals surface area contributed by atoms with Gasteiger partial charge in [0.15, 0.2) is 0 Å². The van der Waals surface area contributed by atoms with Gasteiger partial charge < -0.3 is 9.11 Å². The summed E-state index contributed by atoms with van der Waals surface area (Å²) in [4.78, 5) is 9.56. The van der Waals surface area contributed by atoms with Gasteiger partial charge in [-0.25, -0.2) is 0 Å². The Morgan fingerprint density at radius 2 is 2.43 bits per heavy atom. The molecule has 40 valence electrons. The molecule has 0 fully saturated rings. The molecule has 0 aliphatic heterocycles. The van der Waals surface area contributed by atoms with Crippen LogP contribution in [0, 0.1) is 0 Å². The van der Waals surface area contributed by atoms with Crippen molar-refractivity contribution in [2.24, 2.45) is 0 Å². The zero-order valence-electron chi connectivity index (χ0n) is 4.19. The van der Waals surface area contributed by atoms with Crippen LogP contribution in [0.1, 0.15) is 12.8 Å². The highest BCUT2D eigenvalue weighted by Crippen LogP contribution is 1.90. The van der Waals surface area contributed by atoms with Gasteiger partial charge in [-0.1, -0.05) is 6.42 Å². The van der Waals surface area contributed by atoms with Crippen molar-refractivity contribution in [3.05, 3.63) is 0 Å². The lowest BCUT2D eigenvalue weighted by molar-refractivity contribution is -0.107. The first-order valence-corrected chi connectivity index (χ1v) is 2.41. The normalized spacial score (nSPS) is 8.14. The van der Waals surface area contributed by atoms with Crippen LogP contribution >= 0.6 is 0 Å². The molecule has 0 radical (unpaired) electrons. The molecule has 0 atom stereocenters. The van der Waals surface area contributed by atoms with Crippen LogP contribution in [0.15, 0.2) is 0 Å². The molecule has 0 amide bonds. The predicted octanol–water partition coefficient (Wildman–Crippen LogP) is 0.705. The van der Waals surface area contributed by atoms with Gasteiger partial charge in [0, 0.05) is 6.42 Å². The third-order valence-electron chi connectivity index (χ3n) is 0.706. The summed E-state index contributed by atoms with van der Waals surface area (Å²) >= 11 is 0. The minimum absolute atomic E-state index is 0.298. The second kappa shape index (κ2) is 5.66. The van der Waals surface area contributed by atoms with Crippen LogP contribution in [0.4, 0.5) is 4.32 Å². The second-order valence-electron chi connectivity index (χ2n) is 1.35. The molecule has 0 rings (SSSR count). The molecule has 1 nitrogen and oxygen atoms in total. The van der Waals surface area contributed by atoms with E-state index in [9.17, 15) is 9.11 Å². The van der Waals surface area contributed by atoms with Crippen molar-refractivity contribution in [3.8, 4) is 0 Å². The number of halogens is 1. The molecule has 0 aliphatic rings.